The first-order valence-electron chi connectivity index (χ1n) is 3.25. The van der Waals surface area contributed by atoms with Gasteiger partial charge in [-0.05, 0) is 18.6 Å². The minimum atomic E-state index is -0.0984. The fourth-order valence-corrected chi connectivity index (χ4v) is 1.03. The molecule has 0 N–H and O–H groups in total. The molecule has 0 fully saturated rings. The van der Waals surface area contributed by atoms with Crippen LogP contribution < -0.4 is 0 Å². The average molecular weight is 170 g/mol. The number of halogens is 1. The molecule has 0 radical (unpaired) electrons. The van der Waals surface area contributed by atoms with Crippen molar-refractivity contribution >= 4 is 17.4 Å². The third-order valence-corrected chi connectivity index (χ3v) is 1.89. The number of hydrogen-bond acceptors (Lipinski definition) is 2. The molecule has 0 saturated heterocycles. The number of ketones is 1. The van der Waals surface area contributed by atoms with E-state index in [1.807, 2.05) is 6.92 Å². The lowest BCUT2D eigenvalue weighted by Crippen LogP contribution is -1.98. The highest BCUT2D eigenvalue weighted by Gasteiger charge is 2.07. The van der Waals surface area contributed by atoms with E-state index in [2.05, 4.69) is 4.98 Å². The van der Waals surface area contributed by atoms with Crippen molar-refractivity contribution in [3.05, 3.63) is 28.5 Å². The third kappa shape index (κ3) is 1.57. The third-order valence-electron chi connectivity index (χ3n) is 1.42. The maximum Gasteiger partial charge on any atom is 0.179 e. The summed E-state index contributed by atoms with van der Waals surface area (Å²) in [5, 5.41) is 0.458. The number of carbonyl (C=O) groups excluding carboxylic acids is 1. The number of carbonyl (C=O) groups is 1. The van der Waals surface area contributed by atoms with Gasteiger partial charge in [-0.2, -0.15) is 0 Å². The summed E-state index contributed by atoms with van der Waals surface area (Å²) in [7, 11) is 0. The first-order chi connectivity index (χ1) is 5.13. The SMILES string of the molecule is CC(=O)c1nccc(C)c1Cl. The second kappa shape index (κ2) is 3.01. The Morgan fingerprint density at radius 2 is 2.27 bits per heavy atom. The molecule has 0 aromatic carbocycles. The summed E-state index contributed by atoms with van der Waals surface area (Å²) >= 11 is 5.80. The number of pyridine rings is 1. The van der Waals surface area contributed by atoms with Crippen molar-refractivity contribution in [3.63, 3.8) is 0 Å². The first-order valence-corrected chi connectivity index (χ1v) is 3.62. The smallest absolute Gasteiger partial charge is 0.179 e. The van der Waals surface area contributed by atoms with Gasteiger partial charge in [-0.15, -0.1) is 0 Å². The summed E-state index contributed by atoms with van der Waals surface area (Å²) in [6.07, 6.45) is 1.58. The van der Waals surface area contributed by atoms with Crippen molar-refractivity contribution in [1.29, 1.82) is 0 Å². The van der Waals surface area contributed by atoms with E-state index in [9.17, 15) is 4.79 Å². The van der Waals surface area contributed by atoms with Crippen LogP contribution in [0.25, 0.3) is 0 Å². The predicted molar refractivity (Wildman–Crippen MR) is 44.0 cm³/mol. The topological polar surface area (TPSA) is 30.0 Å². The lowest BCUT2D eigenvalue weighted by atomic mass is 10.2. The van der Waals surface area contributed by atoms with Crippen LogP contribution in [-0.4, -0.2) is 10.8 Å². The van der Waals surface area contributed by atoms with Gasteiger partial charge in [0.05, 0.1) is 5.02 Å². The van der Waals surface area contributed by atoms with Crippen molar-refractivity contribution in [2.24, 2.45) is 0 Å². The zero-order valence-corrected chi connectivity index (χ0v) is 7.14. The van der Waals surface area contributed by atoms with Gasteiger partial charge in [-0.1, -0.05) is 11.6 Å². The molecule has 0 bridgehead atoms. The van der Waals surface area contributed by atoms with Gasteiger partial charge in [0.15, 0.2) is 5.78 Å². The number of rotatable bonds is 1. The highest BCUT2D eigenvalue weighted by Crippen LogP contribution is 2.17. The summed E-state index contributed by atoms with van der Waals surface area (Å²) in [6.45, 7) is 3.30. The Morgan fingerprint density at radius 1 is 1.64 bits per heavy atom. The van der Waals surface area contributed by atoms with Crippen LogP contribution in [0.1, 0.15) is 23.0 Å². The standard InChI is InChI=1S/C8H8ClNO/c1-5-3-4-10-8(6(2)11)7(5)9/h3-4H,1-2H3. The zero-order chi connectivity index (χ0) is 8.43. The van der Waals surface area contributed by atoms with Gasteiger partial charge in [0.25, 0.3) is 0 Å². The molecule has 11 heavy (non-hydrogen) atoms. The molecular formula is C8H8ClNO. The van der Waals surface area contributed by atoms with E-state index in [1.165, 1.54) is 6.92 Å². The number of Topliss-reactive ketones (excluding diaryl/α,β-unsaturated/α-hetero) is 1. The number of hydrogen-bond donors (Lipinski definition) is 0. The van der Waals surface area contributed by atoms with Crippen LogP contribution >= 0.6 is 11.6 Å². The van der Waals surface area contributed by atoms with Crippen LogP contribution in [0.3, 0.4) is 0 Å². The van der Waals surface area contributed by atoms with Gasteiger partial charge < -0.3 is 0 Å². The summed E-state index contributed by atoms with van der Waals surface area (Å²) in [5.41, 5.74) is 1.23. The highest BCUT2D eigenvalue weighted by molar-refractivity contribution is 6.34. The Kier molecular flexibility index (Phi) is 2.25. The Bertz CT molecular complexity index is 296. The van der Waals surface area contributed by atoms with Crippen LogP contribution in [0.4, 0.5) is 0 Å². The van der Waals surface area contributed by atoms with Gasteiger partial charge in [0.1, 0.15) is 5.69 Å². The molecule has 1 aromatic rings. The average Bonchev–Trinajstić information content (AvgIpc) is 1.94. The van der Waals surface area contributed by atoms with E-state index in [0.717, 1.165) is 5.56 Å². The molecule has 0 aliphatic carbocycles. The molecule has 0 unspecified atom stereocenters. The fourth-order valence-electron chi connectivity index (χ4n) is 0.786. The molecule has 0 spiro atoms. The molecule has 0 aliphatic rings. The van der Waals surface area contributed by atoms with E-state index in [1.54, 1.807) is 12.3 Å². The summed E-state index contributed by atoms with van der Waals surface area (Å²) in [4.78, 5) is 14.7. The lowest BCUT2D eigenvalue weighted by Gasteiger charge is -2.00. The molecule has 0 aliphatic heterocycles. The van der Waals surface area contributed by atoms with Gasteiger partial charge in [-0.3, -0.25) is 9.78 Å². The number of aromatic nitrogens is 1. The summed E-state index contributed by atoms with van der Waals surface area (Å²) in [5.74, 6) is -0.0984. The largest absolute Gasteiger partial charge is 0.293 e. The Labute approximate surface area is 70.2 Å². The van der Waals surface area contributed by atoms with Gasteiger partial charge in [0.2, 0.25) is 0 Å². The van der Waals surface area contributed by atoms with Crippen molar-refractivity contribution < 1.29 is 4.79 Å². The predicted octanol–water partition coefficient (Wildman–Crippen LogP) is 2.25. The quantitative estimate of drug-likeness (QED) is 0.604. The Hall–Kier alpha value is -0.890. The van der Waals surface area contributed by atoms with Crippen LogP contribution in [0.15, 0.2) is 12.3 Å². The summed E-state index contributed by atoms with van der Waals surface area (Å²) < 4.78 is 0. The normalized spacial score (nSPS) is 9.73. The second-order valence-corrected chi connectivity index (χ2v) is 2.72. The first kappa shape index (κ1) is 8.21. The Balaban J connectivity index is 3.27. The van der Waals surface area contributed by atoms with Crippen LogP contribution in [0.2, 0.25) is 5.02 Å². The van der Waals surface area contributed by atoms with Crippen molar-refractivity contribution in [2.75, 3.05) is 0 Å². The van der Waals surface area contributed by atoms with Gasteiger partial charge in [0, 0.05) is 13.1 Å². The van der Waals surface area contributed by atoms with Crippen LogP contribution in [0.5, 0.6) is 0 Å². The molecular weight excluding hydrogens is 162 g/mol. The highest BCUT2D eigenvalue weighted by atomic mass is 35.5. The molecule has 0 saturated carbocycles. The number of nitrogens with zero attached hydrogens (tertiary/aromatic N) is 1. The molecule has 2 nitrogen and oxygen atoms in total. The number of aryl methyl sites for hydroxylation is 1. The molecule has 58 valence electrons. The minimum Gasteiger partial charge on any atom is -0.293 e. The monoisotopic (exact) mass is 169 g/mol. The molecule has 1 heterocycles. The van der Waals surface area contributed by atoms with Crippen LogP contribution in [-0.2, 0) is 0 Å². The zero-order valence-electron chi connectivity index (χ0n) is 6.39. The van der Waals surface area contributed by atoms with Gasteiger partial charge >= 0.3 is 0 Å². The van der Waals surface area contributed by atoms with E-state index < -0.39 is 0 Å². The van der Waals surface area contributed by atoms with Crippen molar-refractivity contribution in [2.45, 2.75) is 13.8 Å². The lowest BCUT2D eigenvalue weighted by molar-refractivity contribution is 0.101. The van der Waals surface area contributed by atoms with Crippen molar-refractivity contribution in [1.82, 2.24) is 4.98 Å². The fraction of sp³-hybridized carbons (Fsp3) is 0.250. The van der Waals surface area contributed by atoms with Crippen molar-refractivity contribution in [3.8, 4) is 0 Å². The molecule has 3 heteroatoms. The second-order valence-electron chi connectivity index (χ2n) is 2.35. The molecule has 0 atom stereocenters. The summed E-state index contributed by atoms with van der Waals surface area (Å²) in [6, 6.07) is 1.77. The van der Waals surface area contributed by atoms with Crippen LogP contribution in [0, 0.1) is 6.92 Å². The van der Waals surface area contributed by atoms with Gasteiger partial charge in [-0.25, -0.2) is 0 Å². The maximum absolute atomic E-state index is 10.9. The molecule has 1 rings (SSSR count). The Morgan fingerprint density at radius 3 is 2.73 bits per heavy atom. The maximum atomic E-state index is 10.9. The molecule has 1 aromatic heterocycles. The molecule has 0 amide bonds. The van der Waals surface area contributed by atoms with E-state index in [-0.39, 0.29) is 5.78 Å². The minimum absolute atomic E-state index is 0.0984. The van der Waals surface area contributed by atoms with E-state index in [0.29, 0.717) is 10.7 Å². The van der Waals surface area contributed by atoms with E-state index >= 15 is 0 Å². The van der Waals surface area contributed by atoms with E-state index in [4.69, 9.17) is 11.6 Å².